The lowest BCUT2D eigenvalue weighted by Gasteiger charge is -2.21. The number of para-hydroxylation sites is 2. The Morgan fingerprint density at radius 1 is 0.922 bits per heavy atom. The van der Waals surface area contributed by atoms with Gasteiger partial charge >= 0.3 is 0 Å². The van der Waals surface area contributed by atoms with Gasteiger partial charge in [0.2, 0.25) is 5.91 Å². The molecule has 1 atom stereocenters. The van der Waals surface area contributed by atoms with E-state index in [0.29, 0.717) is 22.2 Å². The second-order valence-corrected chi connectivity index (χ2v) is 13.2. The largest absolute Gasteiger partial charge is 0.382 e. The molecule has 6 rings (SSSR count). The van der Waals surface area contributed by atoms with Crippen LogP contribution in [0.3, 0.4) is 0 Å². The highest BCUT2D eigenvalue weighted by atomic mass is 32.2. The molecule has 0 bridgehead atoms. The average Bonchev–Trinajstić information content (AvgIpc) is 3.12. The van der Waals surface area contributed by atoms with Gasteiger partial charge in [0.25, 0.3) is 0 Å². The van der Waals surface area contributed by atoms with Gasteiger partial charge < -0.3 is 16.4 Å². The minimum Gasteiger partial charge on any atom is -0.382 e. The van der Waals surface area contributed by atoms with Gasteiger partial charge in [-0.1, -0.05) is 72.8 Å². The minimum atomic E-state index is -3.60. The first-order valence-corrected chi connectivity index (χ1v) is 17.3. The molecular formula is C38H31F2N7O3S. The highest BCUT2D eigenvalue weighted by Gasteiger charge is 2.23. The van der Waals surface area contributed by atoms with Gasteiger partial charge in [-0.15, -0.1) is 0 Å². The third-order valence-electron chi connectivity index (χ3n) is 7.53. The van der Waals surface area contributed by atoms with Crippen molar-refractivity contribution in [2.45, 2.75) is 17.9 Å². The van der Waals surface area contributed by atoms with Crippen LogP contribution < -0.4 is 16.4 Å². The van der Waals surface area contributed by atoms with Crippen LogP contribution in [-0.4, -0.2) is 35.5 Å². The third kappa shape index (κ3) is 8.75. The van der Waals surface area contributed by atoms with Crippen LogP contribution in [0.1, 0.15) is 29.7 Å². The summed E-state index contributed by atoms with van der Waals surface area (Å²) in [6, 6.07) is 29.7. The zero-order chi connectivity index (χ0) is 36.5. The summed E-state index contributed by atoms with van der Waals surface area (Å²) in [6.45, 7) is 1.80. The van der Waals surface area contributed by atoms with Crippen molar-refractivity contribution in [2.75, 3.05) is 22.6 Å². The molecule has 0 spiro atoms. The van der Waals surface area contributed by atoms with Gasteiger partial charge in [-0.25, -0.2) is 32.2 Å². The Balaban J connectivity index is 0.000000236. The summed E-state index contributed by atoms with van der Waals surface area (Å²) < 4.78 is 52.8. The van der Waals surface area contributed by atoms with Crippen molar-refractivity contribution in [3.05, 3.63) is 144 Å². The van der Waals surface area contributed by atoms with Gasteiger partial charge in [0.15, 0.2) is 9.84 Å². The first-order valence-electron chi connectivity index (χ1n) is 15.4. The van der Waals surface area contributed by atoms with Crippen LogP contribution >= 0.6 is 0 Å². The quantitative estimate of drug-likeness (QED) is 0.138. The van der Waals surface area contributed by atoms with E-state index in [1.165, 1.54) is 36.7 Å². The molecule has 0 unspecified atom stereocenters. The fourth-order valence-corrected chi connectivity index (χ4v) is 5.97. The Morgan fingerprint density at radius 2 is 1.61 bits per heavy atom. The molecule has 256 valence electrons. The number of carbonyl (C=O) groups is 1. The fraction of sp³-hybridized carbons (Fsp3) is 0.0789. The number of halogens is 2. The zero-order valence-corrected chi connectivity index (χ0v) is 28.2. The Bertz CT molecular complexity index is 2400. The van der Waals surface area contributed by atoms with Gasteiger partial charge in [-0.05, 0) is 48.9 Å². The van der Waals surface area contributed by atoms with E-state index in [1.807, 2.05) is 36.4 Å². The molecule has 0 aliphatic carbocycles. The lowest BCUT2D eigenvalue weighted by molar-refractivity contribution is -0.111. The van der Waals surface area contributed by atoms with Crippen LogP contribution in [0.4, 0.5) is 26.1 Å². The number of nitrogens with zero attached hydrogens (tertiary/aromatic N) is 4. The molecule has 0 radical (unpaired) electrons. The van der Waals surface area contributed by atoms with Crippen LogP contribution in [0, 0.1) is 23.0 Å². The average molecular weight is 704 g/mol. The van der Waals surface area contributed by atoms with E-state index in [1.54, 1.807) is 61.5 Å². The van der Waals surface area contributed by atoms with Crippen molar-refractivity contribution >= 4 is 50.0 Å². The molecule has 2 heterocycles. The summed E-state index contributed by atoms with van der Waals surface area (Å²) in [6.07, 6.45) is 5.40. The summed E-state index contributed by atoms with van der Waals surface area (Å²) in [5.41, 5.74) is 8.33. The number of sulfone groups is 1. The maximum absolute atomic E-state index is 14.6. The Labute approximate surface area is 293 Å². The molecule has 0 saturated heterocycles. The van der Waals surface area contributed by atoms with Gasteiger partial charge in [-0.2, -0.15) is 5.26 Å². The molecular weight excluding hydrogens is 673 g/mol. The number of aromatic nitrogens is 3. The third-order valence-corrected chi connectivity index (χ3v) is 8.69. The van der Waals surface area contributed by atoms with Crippen molar-refractivity contribution in [1.29, 1.82) is 5.26 Å². The molecule has 0 aliphatic rings. The normalized spacial score (nSPS) is 11.7. The van der Waals surface area contributed by atoms with Gasteiger partial charge in [0.05, 0.1) is 22.3 Å². The highest BCUT2D eigenvalue weighted by Crippen LogP contribution is 2.35. The molecule has 6 aromatic rings. The van der Waals surface area contributed by atoms with Crippen LogP contribution in [0.2, 0.25) is 0 Å². The Kier molecular flexibility index (Phi) is 11.1. The smallest absolute Gasteiger partial charge is 0.248 e. The maximum Gasteiger partial charge on any atom is 0.248 e. The molecule has 10 nitrogen and oxygen atoms in total. The molecule has 2 aromatic heterocycles. The summed E-state index contributed by atoms with van der Waals surface area (Å²) in [7, 11) is -3.60. The standard InChI is InChI=1S/C23H19FN6O2S.C15H12FNO/c1-13(29-23-17(11-25)22(26)27-12-28-23)16-10-14-6-5-8-18(24)20(14)30-21(16)15-7-3-4-9-19(15)33(2,31)32;16-13-8-4-5-9-14(13)17-15(18)11-10-12-6-2-1-3-7-12/h3-10,12-13H,1-2H3,(H3,26,27,28,29);1-11H,(H,17,18)/t13-;/m0./s1. The number of nitriles is 1. The van der Waals surface area contributed by atoms with Crippen LogP contribution in [0.15, 0.2) is 120 Å². The number of fused-ring (bicyclic) bond motifs is 1. The van der Waals surface area contributed by atoms with Crippen molar-refractivity contribution in [1.82, 2.24) is 15.0 Å². The Morgan fingerprint density at radius 3 is 2.33 bits per heavy atom. The predicted molar refractivity (Wildman–Crippen MR) is 194 cm³/mol. The number of nitrogen functional groups attached to an aromatic ring is 1. The SMILES string of the molecule is C[C@H](Nc1ncnc(N)c1C#N)c1cc2cccc(F)c2nc1-c1ccccc1S(C)(=O)=O.O=C(C=Cc1ccccc1)Nc1ccccc1F. The van der Waals surface area contributed by atoms with Gasteiger partial charge in [-0.3, -0.25) is 4.79 Å². The predicted octanol–water partition coefficient (Wildman–Crippen LogP) is 7.34. The number of anilines is 3. The monoisotopic (exact) mass is 703 g/mol. The molecule has 4 aromatic carbocycles. The fourth-order valence-electron chi connectivity index (χ4n) is 5.08. The number of amides is 1. The minimum absolute atomic E-state index is 0.0311. The number of nitrogens with two attached hydrogens (primary N) is 1. The maximum atomic E-state index is 14.6. The number of hydrogen-bond donors (Lipinski definition) is 3. The van der Waals surface area contributed by atoms with Gasteiger partial charge in [0.1, 0.15) is 46.7 Å². The Hall–Kier alpha value is -6.52. The van der Waals surface area contributed by atoms with E-state index in [-0.39, 0.29) is 39.2 Å². The van der Waals surface area contributed by atoms with Crippen LogP contribution in [0.25, 0.3) is 28.2 Å². The van der Waals surface area contributed by atoms with Crippen molar-refractivity contribution in [3.8, 4) is 17.3 Å². The van der Waals surface area contributed by atoms with Crippen LogP contribution in [0.5, 0.6) is 0 Å². The number of pyridine rings is 1. The second kappa shape index (κ2) is 15.8. The summed E-state index contributed by atoms with van der Waals surface area (Å²) in [4.78, 5) is 24.1. The lowest BCUT2D eigenvalue weighted by Crippen LogP contribution is -2.13. The lowest BCUT2D eigenvalue weighted by atomic mass is 9.98. The number of nitrogens with one attached hydrogen (secondary N) is 2. The first-order chi connectivity index (χ1) is 24.5. The highest BCUT2D eigenvalue weighted by molar-refractivity contribution is 7.90. The number of benzene rings is 4. The summed E-state index contributed by atoms with van der Waals surface area (Å²) >= 11 is 0. The topological polar surface area (TPSA) is 164 Å². The van der Waals surface area contributed by atoms with Crippen molar-refractivity contribution in [3.63, 3.8) is 0 Å². The zero-order valence-electron chi connectivity index (χ0n) is 27.4. The van der Waals surface area contributed by atoms with E-state index in [2.05, 4.69) is 25.6 Å². The molecule has 0 fully saturated rings. The number of hydrogen-bond acceptors (Lipinski definition) is 9. The molecule has 1 amide bonds. The molecule has 13 heteroatoms. The van der Waals surface area contributed by atoms with E-state index in [4.69, 9.17) is 5.73 Å². The second-order valence-electron chi connectivity index (χ2n) is 11.2. The molecule has 51 heavy (non-hydrogen) atoms. The van der Waals surface area contributed by atoms with E-state index in [9.17, 15) is 27.3 Å². The summed E-state index contributed by atoms with van der Waals surface area (Å²) in [5.74, 6) is -1.07. The van der Waals surface area contributed by atoms with Gasteiger partial charge in [0, 0.05) is 28.8 Å². The van der Waals surface area contributed by atoms with Crippen molar-refractivity contribution < 1.29 is 22.0 Å². The molecule has 0 saturated carbocycles. The number of rotatable bonds is 8. The van der Waals surface area contributed by atoms with Crippen molar-refractivity contribution in [2.24, 2.45) is 0 Å². The molecule has 4 N–H and O–H groups in total. The first kappa shape index (κ1) is 35.8. The van der Waals surface area contributed by atoms with E-state index < -0.39 is 27.5 Å². The van der Waals surface area contributed by atoms with E-state index >= 15 is 0 Å². The van der Waals surface area contributed by atoms with E-state index in [0.717, 1.165) is 11.8 Å². The summed E-state index contributed by atoms with van der Waals surface area (Å²) in [5, 5.41) is 15.6. The molecule has 0 aliphatic heterocycles. The number of carbonyl (C=O) groups excluding carboxylic acids is 1. The van der Waals surface area contributed by atoms with Crippen LogP contribution in [-0.2, 0) is 14.6 Å².